The Balaban J connectivity index is 2.33. The minimum Gasteiger partial charge on any atom is -0.387 e. The summed E-state index contributed by atoms with van der Waals surface area (Å²) in [5, 5.41) is 13.8. The van der Waals surface area contributed by atoms with Gasteiger partial charge in [-0.1, -0.05) is 154 Å². The quantitative estimate of drug-likeness (QED) is 0.0188. The second-order valence-corrected chi connectivity index (χ2v) is 17.9. The largest absolute Gasteiger partial charge is 0.472 e. The third-order valence-electron chi connectivity index (χ3n) is 10.1. The Morgan fingerprint density at radius 2 is 1.26 bits per heavy atom. The summed E-state index contributed by atoms with van der Waals surface area (Å²) in [5.41, 5.74) is 0. The second kappa shape index (κ2) is 32.1. The average Bonchev–Trinajstić information content (AvgIpc) is 3.86. The van der Waals surface area contributed by atoms with Crippen LogP contribution in [0.3, 0.4) is 0 Å². The predicted octanol–water partition coefficient (Wildman–Crippen LogP) is 10.7. The SMILES string of the molecule is CCCCCCCCCCCCCCC/C=C/[C@@H](O)[C@H](COP(=O)(O)OCC[N+](C)(C)C)NC(=O)CCCCCCC/C=C\CC1OC1CCCCC. The van der Waals surface area contributed by atoms with Gasteiger partial charge < -0.3 is 24.5 Å². The van der Waals surface area contributed by atoms with Gasteiger partial charge in [-0.2, -0.15) is 0 Å². The molecular formula is C43H84N2O7P+. The number of ether oxygens (including phenoxy) is 1. The molecule has 1 fully saturated rings. The van der Waals surface area contributed by atoms with Crippen molar-refractivity contribution >= 4 is 13.7 Å². The average molecular weight is 772 g/mol. The molecule has 1 rings (SSSR count). The van der Waals surface area contributed by atoms with Crippen molar-refractivity contribution in [1.82, 2.24) is 5.32 Å². The molecule has 1 aliphatic rings. The number of nitrogens with zero attached hydrogens (tertiary/aromatic N) is 1. The molecule has 1 saturated heterocycles. The molecule has 53 heavy (non-hydrogen) atoms. The van der Waals surface area contributed by atoms with Crippen LogP contribution in [0.1, 0.15) is 181 Å². The van der Waals surface area contributed by atoms with Gasteiger partial charge in [0.05, 0.1) is 52.1 Å². The standard InChI is InChI=1S/C43H83N2O7P/c1-6-8-10-11-12-13-14-15-16-17-18-19-22-25-29-32-40(46)39(38-51-53(48,49)50-37-36-45(3,4)5)44-43(47)35-31-27-24-21-20-23-26-30-34-42-41(52-42)33-28-9-7-2/h26,29-30,32,39-42,46H,6-25,27-28,31,33-38H2,1-5H3,(H-,44,47,48,49)/p+1/b30-26-,32-29+/t39-,40+,41?,42?/m0/s1. The minimum atomic E-state index is -4.34. The monoisotopic (exact) mass is 772 g/mol. The number of unbranched alkanes of at least 4 members (excludes halogenated alkanes) is 20. The molecule has 312 valence electrons. The molecule has 0 bridgehead atoms. The fourth-order valence-corrected chi connectivity index (χ4v) is 7.19. The molecular weight excluding hydrogens is 687 g/mol. The lowest BCUT2D eigenvalue weighted by Crippen LogP contribution is -2.45. The van der Waals surface area contributed by atoms with E-state index >= 15 is 0 Å². The molecule has 0 aromatic heterocycles. The van der Waals surface area contributed by atoms with Crippen molar-refractivity contribution in [2.45, 2.75) is 205 Å². The molecule has 1 amide bonds. The van der Waals surface area contributed by atoms with Crippen LogP contribution in [-0.4, -0.2) is 85.6 Å². The zero-order valence-electron chi connectivity index (χ0n) is 35.0. The maximum atomic E-state index is 12.9. The van der Waals surface area contributed by atoms with Crippen molar-refractivity contribution in [3.8, 4) is 0 Å². The van der Waals surface area contributed by atoms with E-state index < -0.39 is 20.0 Å². The van der Waals surface area contributed by atoms with Gasteiger partial charge in [-0.25, -0.2) is 4.57 Å². The number of nitrogens with one attached hydrogen (secondary N) is 1. The normalized spacial score (nSPS) is 18.5. The summed E-state index contributed by atoms with van der Waals surface area (Å²) < 4.78 is 29.3. The number of likely N-dealkylation sites (N-methyl/N-ethyl adjacent to an activating group) is 1. The van der Waals surface area contributed by atoms with Gasteiger partial charge in [0.2, 0.25) is 5.91 Å². The molecule has 1 heterocycles. The molecule has 3 N–H and O–H groups in total. The van der Waals surface area contributed by atoms with E-state index in [4.69, 9.17) is 13.8 Å². The molecule has 0 saturated carbocycles. The Hall–Kier alpha value is -1.06. The van der Waals surface area contributed by atoms with E-state index in [1.807, 2.05) is 27.2 Å². The lowest BCUT2D eigenvalue weighted by atomic mass is 10.0. The molecule has 0 radical (unpaired) electrons. The van der Waals surface area contributed by atoms with Crippen molar-refractivity contribution in [2.75, 3.05) is 40.9 Å². The molecule has 1 aliphatic heterocycles. The van der Waals surface area contributed by atoms with Crippen LogP contribution in [0.5, 0.6) is 0 Å². The lowest BCUT2D eigenvalue weighted by molar-refractivity contribution is -0.870. The molecule has 3 unspecified atom stereocenters. The van der Waals surface area contributed by atoms with Gasteiger partial charge in [-0.15, -0.1) is 0 Å². The minimum absolute atomic E-state index is 0.0568. The number of phosphoric acid groups is 1. The maximum Gasteiger partial charge on any atom is 0.472 e. The van der Waals surface area contributed by atoms with Crippen molar-refractivity contribution in [3.05, 3.63) is 24.3 Å². The van der Waals surface area contributed by atoms with Crippen molar-refractivity contribution in [1.29, 1.82) is 0 Å². The predicted molar refractivity (Wildman–Crippen MR) is 221 cm³/mol. The summed E-state index contributed by atoms with van der Waals surface area (Å²) in [4.78, 5) is 23.1. The number of allylic oxidation sites excluding steroid dienone is 2. The number of aliphatic hydroxyl groups excluding tert-OH is 1. The van der Waals surface area contributed by atoms with Crippen LogP contribution < -0.4 is 5.32 Å². The van der Waals surface area contributed by atoms with Gasteiger partial charge >= 0.3 is 7.82 Å². The molecule has 9 nitrogen and oxygen atoms in total. The summed E-state index contributed by atoms with van der Waals surface area (Å²) in [6, 6.07) is -0.854. The number of carbonyl (C=O) groups excluding carboxylic acids is 1. The van der Waals surface area contributed by atoms with Crippen LogP contribution in [0, 0.1) is 0 Å². The number of carbonyl (C=O) groups is 1. The molecule has 0 aromatic rings. The number of amides is 1. The lowest BCUT2D eigenvalue weighted by Gasteiger charge is -2.25. The van der Waals surface area contributed by atoms with Gasteiger partial charge in [0.15, 0.2) is 0 Å². The van der Waals surface area contributed by atoms with Crippen molar-refractivity contribution in [3.63, 3.8) is 0 Å². The second-order valence-electron chi connectivity index (χ2n) is 16.5. The third kappa shape index (κ3) is 31.8. The van der Waals surface area contributed by atoms with E-state index in [1.54, 1.807) is 6.08 Å². The van der Waals surface area contributed by atoms with Gasteiger partial charge in [0, 0.05) is 6.42 Å². The van der Waals surface area contributed by atoms with E-state index in [1.165, 1.54) is 96.3 Å². The molecule has 10 heteroatoms. The zero-order valence-corrected chi connectivity index (χ0v) is 35.8. The maximum absolute atomic E-state index is 12.9. The van der Waals surface area contributed by atoms with E-state index in [2.05, 4.69) is 31.3 Å². The Bertz CT molecular complexity index is 986. The highest BCUT2D eigenvalue weighted by Crippen LogP contribution is 2.43. The summed E-state index contributed by atoms with van der Waals surface area (Å²) in [5.74, 6) is -0.195. The van der Waals surface area contributed by atoms with Gasteiger partial charge in [-0.3, -0.25) is 13.8 Å². The van der Waals surface area contributed by atoms with Crippen LogP contribution in [0.15, 0.2) is 24.3 Å². The third-order valence-corrected chi connectivity index (χ3v) is 11.1. The Morgan fingerprint density at radius 1 is 0.736 bits per heavy atom. The fourth-order valence-electron chi connectivity index (χ4n) is 6.46. The van der Waals surface area contributed by atoms with Crippen molar-refractivity contribution in [2.24, 2.45) is 0 Å². The van der Waals surface area contributed by atoms with Crippen LogP contribution in [0.2, 0.25) is 0 Å². The number of rotatable bonds is 38. The van der Waals surface area contributed by atoms with Gasteiger partial charge in [0.1, 0.15) is 13.2 Å². The van der Waals surface area contributed by atoms with Crippen molar-refractivity contribution < 1.29 is 37.6 Å². The fraction of sp³-hybridized carbons (Fsp3) is 0.884. The number of hydrogen-bond donors (Lipinski definition) is 3. The van der Waals surface area contributed by atoms with E-state index in [0.717, 1.165) is 64.2 Å². The Labute approximate surface area is 326 Å². The summed E-state index contributed by atoms with van der Waals surface area (Å²) >= 11 is 0. The zero-order chi connectivity index (χ0) is 39.0. The number of hydrogen-bond acceptors (Lipinski definition) is 6. The van der Waals surface area contributed by atoms with E-state index in [9.17, 15) is 19.4 Å². The highest BCUT2D eigenvalue weighted by molar-refractivity contribution is 7.47. The first-order valence-electron chi connectivity index (χ1n) is 21.8. The number of phosphoric ester groups is 1. The molecule has 0 aliphatic carbocycles. The topological polar surface area (TPSA) is 118 Å². The Morgan fingerprint density at radius 3 is 1.85 bits per heavy atom. The number of aliphatic hydroxyl groups is 1. The highest BCUT2D eigenvalue weighted by atomic mass is 31.2. The van der Waals surface area contributed by atoms with Crippen LogP contribution in [-0.2, 0) is 23.1 Å². The highest BCUT2D eigenvalue weighted by Gasteiger charge is 2.36. The van der Waals surface area contributed by atoms with Crippen LogP contribution >= 0.6 is 7.82 Å². The Kier molecular flexibility index (Phi) is 30.2. The smallest absolute Gasteiger partial charge is 0.387 e. The molecule has 0 spiro atoms. The first-order valence-corrected chi connectivity index (χ1v) is 23.3. The summed E-state index contributed by atoms with van der Waals surface area (Å²) in [6.07, 6.45) is 38.3. The van der Waals surface area contributed by atoms with Crippen LogP contribution in [0.25, 0.3) is 0 Å². The first-order chi connectivity index (χ1) is 25.5. The van der Waals surface area contributed by atoms with Gasteiger partial charge in [0.25, 0.3) is 0 Å². The summed E-state index contributed by atoms with van der Waals surface area (Å²) in [6.45, 7) is 4.76. The first kappa shape index (κ1) is 50.0. The summed E-state index contributed by atoms with van der Waals surface area (Å²) in [7, 11) is 1.55. The van der Waals surface area contributed by atoms with E-state index in [-0.39, 0.29) is 19.1 Å². The van der Waals surface area contributed by atoms with Crippen LogP contribution in [0.4, 0.5) is 0 Å². The molecule has 0 aromatic carbocycles. The molecule has 5 atom stereocenters. The van der Waals surface area contributed by atoms with Gasteiger partial charge in [-0.05, 0) is 44.9 Å². The number of epoxide rings is 1. The van der Waals surface area contributed by atoms with E-state index in [0.29, 0.717) is 29.7 Å². The number of quaternary nitrogens is 1.